The van der Waals surface area contributed by atoms with Crippen LogP contribution in [-0.2, 0) is 11.3 Å². The highest BCUT2D eigenvalue weighted by Crippen LogP contribution is 2.22. The van der Waals surface area contributed by atoms with E-state index in [2.05, 4.69) is 34.2 Å². The van der Waals surface area contributed by atoms with Gasteiger partial charge in [0, 0.05) is 30.7 Å². The predicted molar refractivity (Wildman–Crippen MR) is 78.1 cm³/mol. The summed E-state index contributed by atoms with van der Waals surface area (Å²) in [4.78, 5) is 0. The van der Waals surface area contributed by atoms with Crippen LogP contribution in [0, 0.1) is 0 Å². The number of rotatable bonds is 9. The molecule has 0 radical (unpaired) electrons. The van der Waals surface area contributed by atoms with E-state index in [0.29, 0.717) is 6.61 Å². The Hall–Kier alpha value is -0.580. The Bertz CT molecular complexity index is 345. The van der Waals surface area contributed by atoms with Gasteiger partial charge < -0.3 is 14.8 Å². The monoisotopic (exact) mass is 315 g/mol. The molecule has 4 heteroatoms. The van der Waals surface area contributed by atoms with Gasteiger partial charge >= 0.3 is 0 Å². The van der Waals surface area contributed by atoms with Gasteiger partial charge in [0.2, 0.25) is 0 Å². The zero-order valence-electron chi connectivity index (χ0n) is 11.2. The number of halogens is 1. The lowest BCUT2D eigenvalue weighted by atomic mass is 10.2. The van der Waals surface area contributed by atoms with Gasteiger partial charge in [0.15, 0.2) is 0 Å². The number of hydrogen-bond donors (Lipinski definition) is 1. The van der Waals surface area contributed by atoms with Gasteiger partial charge in [-0.05, 0) is 37.2 Å². The Morgan fingerprint density at radius 1 is 1.22 bits per heavy atom. The molecule has 0 heterocycles. The normalized spacial score (nSPS) is 10.6. The summed E-state index contributed by atoms with van der Waals surface area (Å²) in [6, 6.07) is 6.10. The molecule has 0 saturated heterocycles. The molecular formula is C14H22BrNO2. The van der Waals surface area contributed by atoms with Crippen molar-refractivity contribution < 1.29 is 9.47 Å². The minimum atomic E-state index is 0.697. The van der Waals surface area contributed by atoms with Gasteiger partial charge in [0.05, 0.1) is 6.61 Å². The van der Waals surface area contributed by atoms with Gasteiger partial charge in [-0.1, -0.05) is 22.9 Å². The third-order valence-corrected chi connectivity index (χ3v) is 3.26. The Balaban J connectivity index is 2.40. The number of ether oxygens (including phenoxy) is 2. The summed E-state index contributed by atoms with van der Waals surface area (Å²) in [6.07, 6.45) is 0.923. The lowest BCUT2D eigenvalue weighted by molar-refractivity contribution is 0.131. The van der Waals surface area contributed by atoms with Crippen molar-refractivity contribution in [2.45, 2.75) is 26.8 Å². The lowest BCUT2D eigenvalue weighted by Crippen LogP contribution is -2.12. The SMILES string of the molecule is CCNCc1cc(OCCCOCC)ccc1Br. The van der Waals surface area contributed by atoms with Crippen molar-refractivity contribution in [2.24, 2.45) is 0 Å². The summed E-state index contributed by atoms with van der Waals surface area (Å²) in [6.45, 7) is 8.15. The third kappa shape index (κ3) is 5.85. The van der Waals surface area contributed by atoms with Crippen LogP contribution < -0.4 is 10.1 Å². The molecule has 1 aromatic rings. The molecule has 0 aliphatic carbocycles. The summed E-state index contributed by atoms with van der Waals surface area (Å²) < 4.78 is 12.1. The van der Waals surface area contributed by atoms with Crippen LogP contribution in [0.15, 0.2) is 22.7 Å². The third-order valence-electron chi connectivity index (χ3n) is 2.49. The molecule has 0 saturated carbocycles. The van der Waals surface area contributed by atoms with Gasteiger partial charge in [-0.15, -0.1) is 0 Å². The minimum absolute atomic E-state index is 0.697. The Morgan fingerprint density at radius 2 is 2.06 bits per heavy atom. The van der Waals surface area contributed by atoms with E-state index in [4.69, 9.17) is 9.47 Å². The molecule has 0 aliphatic rings. The first kappa shape index (κ1) is 15.5. The summed E-state index contributed by atoms with van der Waals surface area (Å²) in [5, 5.41) is 3.31. The van der Waals surface area contributed by atoms with Gasteiger partial charge in [0.1, 0.15) is 5.75 Å². The predicted octanol–water partition coefficient (Wildman–Crippen LogP) is 3.36. The van der Waals surface area contributed by atoms with Crippen molar-refractivity contribution in [1.29, 1.82) is 0 Å². The standard InChI is InChI=1S/C14H22BrNO2/c1-3-16-11-12-10-13(6-7-14(12)15)18-9-5-8-17-4-2/h6-7,10,16H,3-5,8-9,11H2,1-2H3. The Labute approximate surface area is 118 Å². The van der Waals surface area contributed by atoms with Crippen molar-refractivity contribution in [3.8, 4) is 5.75 Å². The van der Waals surface area contributed by atoms with E-state index in [-0.39, 0.29) is 0 Å². The average molecular weight is 316 g/mol. The van der Waals surface area contributed by atoms with Crippen LogP contribution in [0.1, 0.15) is 25.8 Å². The summed E-state index contributed by atoms with van der Waals surface area (Å²) in [5.74, 6) is 0.919. The maximum Gasteiger partial charge on any atom is 0.119 e. The summed E-state index contributed by atoms with van der Waals surface area (Å²) in [5.41, 5.74) is 1.22. The fraction of sp³-hybridized carbons (Fsp3) is 0.571. The fourth-order valence-electron chi connectivity index (χ4n) is 1.53. The smallest absolute Gasteiger partial charge is 0.119 e. The van der Waals surface area contributed by atoms with E-state index in [1.54, 1.807) is 0 Å². The molecule has 0 unspecified atom stereocenters. The van der Waals surface area contributed by atoms with Crippen LogP contribution in [-0.4, -0.2) is 26.4 Å². The Kier molecular flexibility index (Phi) is 8.05. The highest BCUT2D eigenvalue weighted by Gasteiger charge is 2.02. The van der Waals surface area contributed by atoms with E-state index < -0.39 is 0 Å². The molecule has 1 aromatic carbocycles. The van der Waals surface area contributed by atoms with E-state index in [1.807, 2.05) is 19.1 Å². The summed E-state index contributed by atoms with van der Waals surface area (Å²) in [7, 11) is 0. The quantitative estimate of drug-likeness (QED) is 0.709. The van der Waals surface area contributed by atoms with Crippen LogP contribution >= 0.6 is 15.9 Å². The van der Waals surface area contributed by atoms with Gasteiger partial charge in [-0.2, -0.15) is 0 Å². The zero-order valence-corrected chi connectivity index (χ0v) is 12.8. The van der Waals surface area contributed by atoms with E-state index >= 15 is 0 Å². The van der Waals surface area contributed by atoms with Crippen molar-refractivity contribution in [3.05, 3.63) is 28.2 Å². The van der Waals surface area contributed by atoms with Crippen LogP contribution in [0.25, 0.3) is 0 Å². The molecule has 102 valence electrons. The Morgan fingerprint density at radius 3 is 2.78 bits per heavy atom. The van der Waals surface area contributed by atoms with Crippen LogP contribution in [0.5, 0.6) is 5.75 Å². The largest absolute Gasteiger partial charge is 0.493 e. The fourth-order valence-corrected chi connectivity index (χ4v) is 1.92. The number of benzene rings is 1. The first-order chi connectivity index (χ1) is 8.77. The first-order valence-electron chi connectivity index (χ1n) is 6.47. The molecule has 0 aliphatic heterocycles. The van der Waals surface area contributed by atoms with Gasteiger partial charge in [-0.25, -0.2) is 0 Å². The van der Waals surface area contributed by atoms with Crippen LogP contribution in [0.4, 0.5) is 0 Å². The molecule has 18 heavy (non-hydrogen) atoms. The van der Waals surface area contributed by atoms with E-state index in [1.165, 1.54) is 5.56 Å². The van der Waals surface area contributed by atoms with Crippen molar-refractivity contribution in [1.82, 2.24) is 5.32 Å². The second-order valence-electron chi connectivity index (χ2n) is 3.93. The van der Waals surface area contributed by atoms with Crippen LogP contribution in [0.2, 0.25) is 0 Å². The van der Waals surface area contributed by atoms with Crippen LogP contribution in [0.3, 0.4) is 0 Å². The highest BCUT2D eigenvalue weighted by molar-refractivity contribution is 9.10. The second kappa shape index (κ2) is 9.36. The molecule has 0 spiro atoms. The van der Waals surface area contributed by atoms with E-state index in [9.17, 15) is 0 Å². The first-order valence-corrected chi connectivity index (χ1v) is 7.27. The van der Waals surface area contributed by atoms with Gasteiger partial charge in [-0.3, -0.25) is 0 Å². The second-order valence-corrected chi connectivity index (χ2v) is 4.79. The number of nitrogens with one attached hydrogen (secondary N) is 1. The molecular weight excluding hydrogens is 294 g/mol. The molecule has 1 N–H and O–H groups in total. The highest BCUT2D eigenvalue weighted by atomic mass is 79.9. The van der Waals surface area contributed by atoms with Crippen molar-refractivity contribution in [3.63, 3.8) is 0 Å². The topological polar surface area (TPSA) is 30.5 Å². The molecule has 0 aromatic heterocycles. The zero-order chi connectivity index (χ0) is 13.2. The lowest BCUT2D eigenvalue weighted by Gasteiger charge is -2.10. The van der Waals surface area contributed by atoms with Crippen molar-refractivity contribution >= 4 is 15.9 Å². The molecule has 1 rings (SSSR count). The molecule has 0 atom stereocenters. The number of hydrogen-bond acceptors (Lipinski definition) is 3. The summed E-state index contributed by atoms with van der Waals surface area (Å²) >= 11 is 3.55. The van der Waals surface area contributed by atoms with E-state index in [0.717, 1.165) is 42.9 Å². The van der Waals surface area contributed by atoms with Gasteiger partial charge in [0.25, 0.3) is 0 Å². The molecule has 3 nitrogen and oxygen atoms in total. The molecule has 0 amide bonds. The maximum absolute atomic E-state index is 5.70. The van der Waals surface area contributed by atoms with Crippen molar-refractivity contribution in [2.75, 3.05) is 26.4 Å². The average Bonchev–Trinajstić information content (AvgIpc) is 2.39. The molecule has 0 fully saturated rings. The minimum Gasteiger partial charge on any atom is -0.493 e. The molecule has 0 bridgehead atoms. The maximum atomic E-state index is 5.70.